The molecule has 12 rings (SSSR count). The number of hydrogen-bond acceptors (Lipinski definition) is 14. The van der Waals surface area contributed by atoms with E-state index < -0.39 is 0 Å². The van der Waals surface area contributed by atoms with E-state index in [1.54, 1.807) is 0 Å². The minimum absolute atomic E-state index is 0. The molecule has 22 heteroatoms. The molecule has 4 aromatic heterocycles. The molecular formula is C56H98Cl6N16. The number of rotatable bonds is 14. The Morgan fingerprint density at radius 2 is 0.705 bits per heavy atom. The summed E-state index contributed by atoms with van der Waals surface area (Å²) in [6, 6.07) is 2.49. The van der Waals surface area contributed by atoms with Crippen LogP contribution in [0, 0.1) is 23.7 Å². The van der Waals surface area contributed by atoms with E-state index in [1.165, 1.54) is 154 Å². The average molecular weight is 1210 g/mol. The maximum Gasteiger partial charge on any atom is 0.227 e. The SMILES string of the molecule is Cl.Cl.Cl.Cl.Cl.Cl.N[C@H]1CC[C@H](Nc2nc(NN3CCC(CC4CCCCC4)CC3)c3ncn(C4CCCC4)c3n2)CC1.N[C@H]1CC[C@H](Nc2nc(NN3CCC(CC4CCCCC4)CC3)c3ncn(C4CCCC4)c3n2)CC1. The summed E-state index contributed by atoms with van der Waals surface area (Å²) in [6.45, 7) is 4.32. The molecule has 4 aromatic rings. The van der Waals surface area contributed by atoms with Crippen LogP contribution in [-0.2, 0) is 0 Å². The van der Waals surface area contributed by atoms with Crippen molar-refractivity contribution in [3.8, 4) is 0 Å². The van der Waals surface area contributed by atoms with Gasteiger partial charge in [-0.05, 0) is 139 Å². The quantitative estimate of drug-likeness (QED) is 0.0698. The van der Waals surface area contributed by atoms with Gasteiger partial charge in [0.05, 0.1) is 12.7 Å². The Morgan fingerprint density at radius 1 is 0.385 bits per heavy atom. The van der Waals surface area contributed by atoms with Gasteiger partial charge in [-0.2, -0.15) is 19.9 Å². The summed E-state index contributed by atoms with van der Waals surface area (Å²) in [7, 11) is 0. The van der Waals surface area contributed by atoms with Crippen molar-refractivity contribution in [2.45, 2.75) is 242 Å². The van der Waals surface area contributed by atoms with E-state index in [0.717, 1.165) is 147 Å². The van der Waals surface area contributed by atoms with Crippen molar-refractivity contribution in [3.05, 3.63) is 12.7 Å². The summed E-state index contributed by atoms with van der Waals surface area (Å²) in [5.41, 5.74) is 23.4. The number of nitrogens with zero attached hydrogens (tertiary/aromatic N) is 10. The zero-order valence-electron chi connectivity index (χ0n) is 46.5. The molecule has 8 N–H and O–H groups in total. The van der Waals surface area contributed by atoms with Gasteiger partial charge in [0.25, 0.3) is 0 Å². The first-order valence-electron chi connectivity index (χ1n) is 30.0. The lowest BCUT2D eigenvalue weighted by Gasteiger charge is -2.34. The Kier molecular flexibility index (Phi) is 27.9. The number of halogens is 6. The Bertz CT molecular complexity index is 2140. The first kappa shape index (κ1) is 66.7. The monoisotopic (exact) mass is 1200 g/mol. The highest BCUT2D eigenvalue weighted by Crippen LogP contribution is 2.38. The largest absolute Gasteiger partial charge is 0.351 e. The van der Waals surface area contributed by atoms with E-state index >= 15 is 0 Å². The Balaban J connectivity index is 0.000000267. The van der Waals surface area contributed by atoms with Gasteiger partial charge in [0.15, 0.2) is 34.0 Å². The zero-order valence-corrected chi connectivity index (χ0v) is 51.4. The predicted octanol–water partition coefficient (Wildman–Crippen LogP) is 13.8. The number of anilines is 4. The average Bonchev–Trinajstić information content (AvgIpc) is 4.31. The molecule has 0 spiro atoms. The number of aromatic nitrogens is 8. The van der Waals surface area contributed by atoms with Crippen LogP contribution in [0.2, 0.25) is 0 Å². The van der Waals surface area contributed by atoms with Gasteiger partial charge in [-0.15, -0.1) is 74.4 Å². The molecule has 78 heavy (non-hydrogen) atoms. The van der Waals surface area contributed by atoms with Crippen LogP contribution in [0.3, 0.4) is 0 Å². The number of fused-ring (bicyclic) bond motifs is 2. The molecule has 0 amide bonds. The maximum absolute atomic E-state index is 6.14. The van der Waals surface area contributed by atoms with Gasteiger partial charge >= 0.3 is 0 Å². The molecule has 6 aliphatic carbocycles. The minimum atomic E-state index is 0. The molecule has 16 nitrogen and oxygen atoms in total. The predicted molar refractivity (Wildman–Crippen MR) is 335 cm³/mol. The van der Waals surface area contributed by atoms with Gasteiger partial charge < -0.3 is 42.1 Å². The highest BCUT2D eigenvalue weighted by Gasteiger charge is 2.30. The highest BCUT2D eigenvalue weighted by molar-refractivity contribution is 5.87. The van der Waals surface area contributed by atoms with Crippen LogP contribution in [0.15, 0.2) is 12.7 Å². The Morgan fingerprint density at radius 3 is 1.05 bits per heavy atom. The summed E-state index contributed by atoms with van der Waals surface area (Å²) < 4.78 is 4.63. The number of imidazole rings is 2. The molecule has 2 saturated heterocycles. The van der Waals surface area contributed by atoms with Crippen LogP contribution in [0.25, 0.3) is 22.3 Å². The summed E-state index contributed by atoms with van der Waals surface area (Å²) in [5.74, 6) is 6.91. The third-order valence-electron chi connectivity index (χ3n) is 19.0. The fourth-order valence-electron chi connectivity index (χ4n) is 14.6. The van der Waals surface area contributed by atoms with Crippen molar-refractivity contribution in [1.82, 2.24) is 49.1 Å². The highest BCUT2D eigenvalue weighted by atomic mass is 35.5. The van der Waals surface area contributed by atoms with E-state index in [9.17, 15) is 0 Å². The van der Waals surface area contributed by atoms with Crippen LogP contribution in [0.4, 0.5) is 23.5 Å². The molecule has 0 atom stereocenters. The minimum Gasteiger partial charge on any atom is -0.351 e. The second-order valence-corrected chi connectivity index (χ2v) is 24.4. The van der Waals surface area contributed by atoms with Gasteiger partial charge in [-0.3, -0.25) is 0 Å². The third-order valence-corrected chi connectivity index (χ3v) is 19.0. The molecule has 2 aliphatic heterocycles. The fraction of sp³-hybridized carbons (Fsp3) is 0.821. The lowest BCUT2D eigenvalue weighted by molar-refractivity contribution is 0.180. The standard InChI is InChI=1S/2C28H46N8.6ClH/c2*29-22-10-12-23(13-11-22)31-28-32-26(25-27(33-28)36(19-30-25)24-8-4-5-9-24)34-35-16-14-21(15-17-35)18-20-6-2-1-3-7-20;;;;;;/h2*19-24H,1-18,29H2,(H2,31,32,33,34);6*1H/t2*22-,23-;;;;;;. The van der Waals surface area contributed by atoms with Crippen LogP contribution >= 0.6 is 74.4 Å². The number of piperidine rings is 2. The van der Waals surface area contributed by atoms with E-state index in [0.29, 0.717) is 36.3 Å². The molecule has 0 bridgehead atoms. The van der Waals surface area contributed by atoms with Gasteiger partial charge in [0, 0.05) is 62.4 Å². The van der Waals surface area contributed by atoms with Crippen molar-refractivity contribution < 1.29 is 0 Å². The molecule has 444 valence electrons. The van der Waals surface area contributed by atoms with Gasteiger partial charge in [-0.1, -0.05) is 89.9 Å². The van der Waals surface area contributed by atoms with Crippen LogP contribution in [0.5, 0.6) is 0 Å². The van der Waals surface area contributed by atoms with Gasteiger partial charge in [0.1, 0.15) is 0 Å². The van der Waals surface area contributed by atoms with E-state index in [1.807, 2.05) is 12.7 Å². The van der Waals surface area contributed by atoms with Gasteiger partial charge in [0.2, 0.25) is 11.9 Å². The first-order valence-corrected chi connectivity index (χ1v) is 30.0. The molecule has 0 unspecified atom stereocenters. The van der Waals surface area contributed by atoms with E-state index in [-0.39, 0.29) is 74.4 Å². The molecule has 6 heterocycles. The lowest BCUT2D eigenvalue weighted by Crippen LogP contribution is -2.39. The van der Waals surface area contributed by atoms with Crippen LogP contribution in [0.1, 0.15) is 218 Å². The Hall–Kier alpha value is -2.12. The second-order valence-electron chi connectivity index (χ2n) is 24.4. The van der Waals surface area contributed by atoms with Crippen molar-refractivity contribution in [3.63, 3.8) is 0 Å². The summed E-state index contributed by atoms with van der Waals surface area (Å²) >= 11 is 0. The lowest BCUT2D eigenvalue weighted by atomic mass is 9.80. The third kappa shape index (κ3) is 17.5. The molecule has 8 fully saturated rings. The summed E-state index contributed by atoms with van der Waals surface area (Å²) in [5, 5.41) is 12.1. The smallest absolute Gasteiger partial charge is 0.227 e. The molecule has 0 aromatic carbocycles. The van der Waals surface area contributed by atoms with Crippen LogP contribution < -0.4 is 33.0 Å². The van der Waals surface area contributed by atoms with Crippen molar-refractivity contribution in [2.24, 2.45) is 35.1 Å². The molecule has 8 aliphatic rings. The Labute approximate surface area is 503 Å². The summed E-state index contributed by atoms with van der Waals surface area (Å²) in [6.07, 6.45) is 45.2. The number of hydrogen-bond donors (Lipinski definition) is 6. The zero-order chi connectivity index (χ0) is 48.6. The van der Waals surface area contributed by atoms with Crippen molar-refractivity contribution >= 4 is 120 Å². The van der Waals surface area contributed by atoms with Crippen LogP contribution in [-0.4, -0.2) is 99.4 Å². The fourth-order valence-corrected chi connectivity index (χ4v) is 14.6. The second kappa shape index (κ2) is 32.7. The van der Waals surface area contributed by atoms with Gasteiger partial charge in [-0.25, -0.2) is 20.0 Å². The number of nitrogens with one attached hydrogen (secondary N) is 4. The topological polar surface area (TPSA) is 194 Å². The maximum atomic E-state index is 6.14. The number of nitrogens with two attached hydrogens (primary N) is 2. The number of hydrazine groups is 2. The first-order chi connectivity index (χ1) is 35.4. The summed E-state index contributed by atoms with van der Waals surface area (Å²) in [4.78, 5) is 29.6. The molecular weight excluding hydrogens is 1110 g/mol. The van der Waals surface area contributed by atoms with Crippen molar-refractivity contribution in [1.29, 1.82) is 0 Å². The molecule has 0 radical (unpaired) electrons. The normalized spacial score (nSPS) is 25.5. The van der Waals surface area contributed by atoms with E-state index in [2.05, 4.69) is 40.6 Å². The van der Waals surface area contributed by atoms with E-state index in [4.69, 9.17) is 41.4 Å². The molecule has 6 saturated carbocycles. The van der Waals surface area contributed by atoms with Crippen molar-refractivity contribution in [2.75, 3.05) is 47.7 Å².